The van der Waals surface area contributed by atoms with Crippen LogP contribution in [0, 0.1) is 5.82 Å². The minimum atomic E-state index is -0.787. The largest absolute Gasteiger partial charge is 0.485 e. The van der Waals surface area contributed by atoms with Gasteiger partial charge in [0, 0.05) is 12.5 Å². The lowest BCUT2D eigenvalue weighted by Crippen LogP contribution is -2.40. The third kappa shape index (κ3) is 3.93. The summed E-state index contributed by atoms with van der Waals surface area (Å²) in [5, 5.41) is 0. The number of carbonyl (C=O) groups excluding carboxylic acids is 2. The monoisotopic (exact) mass is 359 g/mol. The third-order valence-electron chi connectivity index (χ3n) is 4.08. The van der Waals surface area contributed by atoms with Crippen molar-refractivity contribution in [1.29, 1.82) is 0 Å². The van der Waals surface area contributed by atoms with Gasteiger partial charge in [-0.05, 0) is 30.3 Å². The summed E-state index contributed by atoms with van der Waals surface area (Å²) in [6.45, 7) is 0.148. The first kappa shape index (κ1) is 17.7. The van der Waals surface area contributed by atoms with Crippen molar-refractivity contribution in [2.24, 2.45) is 0 Å². The predicted molar refractivity (Wildman–Crippen MR) is 90.7 cm³/mol. The molecule has 2 aromatic rings. The summed E-state index contributed by atoms with van der Waals surface area (Å²) < 4.78 is 29.3. The molecule has 0 bridgehead atoms. The smallest absolute Gasteiger partial charge is 0.328 e. The maximum atomic E-state index is 13.8. The number of likely N-dealkylation sites (tertiary alicyclic amines) is 1. The number of carbonyl (C=O) groups is 2. The molecule has 0 N–H and O–H groups in total. The van der Waals surface area contributed by atoms with Gasteiger partial charge in [-0.15, -0.1) is 0 Å². The zero-order valence-electron chi connectivity index (χ0n) is 14.1. The normalized spacial score (nSPS) is 19.7. The van der Waals surface area contributed by atoms with Crippen molar-refractivity contribution in [2.45, 2.75) is 18.6 Å². The van der Waals surface area contributed by atoms with Crippen LogP contribution in [0.1, 0.15) is 12.2 Å². The molecule has 1 fully saturated rings. The van der Waals surface area contributed by atoms with Crippen molar-refractivity contribution < 1.29 is 27.9 Å². The fraction of sp³-hybridized carbons (Fsp3) is 0.263. The number of benzene rings is 1. The van der Waals surface area contributed by atoms with E-state index in [1.165, 1.54) is 42.6 Å². The second kappa shape index (κ2) is 7.86. The number of furan rings is 1. The quantitative estimate of drug-likeness (QED) is 0.606. The van der Waals surface area contributed by atoms with Crippen molar-refractivity contribution in [3.8, 4) is 5.75 Å². The Bertz CT molecular complexity index is 802. The van der Waals surface area contributed by atoms with E-state index in [2.05, 4.69) is 0 Å². The van der Waals surface area contributed by atoms with Crippen LogP contribution in [0.15, 0.2) is 53.2 Å². The number of ether oxygens (including phenoxy) is 2. The summed E-state index contributed by atoms with van der Waals surface area (Å²) in [7, 11) is 1.26. The summed E-state index contributed by atoms with van der Waals surface area (Å²) in [6.07, 6.45) is 4.04. The first-order valence-electron chi connectivity index (χ1n) is 8.09. The minimum absolute atomic E-state index is 0.0848. The molecule has 2 atom stereocenters. The van der Waals surface area contributed by atoms with Crippen molar-refractivity contribution in [2.75, 3.05) is 13.7 Å². The molecule has 1 saturated heterocycles. The van der Waals surface area contributed by atoms with E-state index in [0.29, 0.717) is 5.76 Å². The van der Waals surface area contributed by atoms with Crippen LogP contribution in [0.5, 0.6) is 5.75 Å². The van der Waals surface area contributed by atoms with Gasteiger partial charge < -0.3 is 18.8 Å². The molecule has 0 saturated carbocycles. The van der Waals surface area contributed by atoms with Crippen LogP contribution in [0.2, 0.25) is 0 Å². The first-order valence-corrected chi connectivity index (χ1v) is 8.09. The molecular weight excluding hydrogens is 341 g/mol. The molecule has 2 heterocycles. The zero-order chi connectivity index (χ0) is 18.5. The van der Waals surface area contributed by atoms with E-state index in [1.807, 2.05) is 0 Å². The molecule has 1 amide bonds. The summed E-state index contributed by atoms with van der Waals surface area (Å²) in [6, 6.07) is 8.63. The van der Waals surface area contributed by atoms with Crippen LogP contribution in [0.3, 0.4) is 0 Å². The van der Waals surface area contributed by atoms with Gasteiger partial charge in [0.1, 0.15) is 17.9 Å². The molecule has 1 aromatic carbocycles. The van der Waals surface area contributed by atoms with Crippen LogP contribution in [0.25, 0.3) is 6.08 Å². The number of para-hydroxylation sites is 1. The minimum Gasteiger partial charge on any atom is -0.485 e. The number of nitrogens with zero attached hydrogens (tertiary/aromatic N) is 1. The Balaban J connectivity index is 1.73. The fourth-order valence-electron chi connectivity index (χ4n) is 2.84. The maximum absolute atomic E-state index is 13.8. The highest BCUT2D eigenvalue weighted by atomic mass is 19.1. The van der Waals surface area contributed by atoms with Crippen molar-refractivity contribution >= 4 is 18.0 Å². The van der Waals surface area contributed by atoms with Gasteiger partial charge in [0.25, 0.3) is 0 Å². The van der Waals surface area contributed by atoms with Crippen molar-refractivity contribution in [1.82, 2.24) is 4.90 Å². The van der Waals surface area contributed by atoms with Gasteiger partial charge in [0.2, 0.25) is 5.91 Å². The Kier molecular flexibility index (Phi) is 5.36. The van der Waals surface area contributed by atoms with Crippen LogP contribution in [-0.2, 0) is 14.3 Å². The molecule has 0 spiro atoms. The van der Waals surface area contributed by atoms with Gasteiger partial charge in [0.15, 0.2) is 11.6 Å². The number of rotatable bonds is 5. The molecule has 136 valence electrons. The van der Waals surface area contributed by atoms with Gasteiger partial charge in [-0.3, -0.25) is 4.79 Å². The molecule has 1 aliphatic heterocycles. The molecule has 7 heteroatoms. The van der Waals surface area contributed by atoms with Crippen LogP contribution < -0.4 is 4.74 Å². The Morgan fingerprint density at radius 2 is 2.08 bits per heavy atom. The lowest BCUT2D eigenvalue weighted by atomic mass is 10.2. The van der Waals surface area contributed by atoms with Gasteiger partial charge in [-0.1, -0.05) is 12.1 Å². The second-order valence-corrected chi connectivity index (χ2v) is 5.78. The van der Waals surface area contributed by atoms with E-state index in [-0.39, 0.29) is 24.6 Å². The molecular formula is C19H18FNO5. The molecule has 1 aromatic heterocycles. The average Bonchev–Trinajstić information content (AvgIpc) is 3.31. The average molecular weight is 359 g/mol. The highest BCUT2D eigenvalue weighted by Gasteiger charge is 2.41. The summed E-state index contributed by atoms with van der Waals surface area (Å²) >= 11 is 0. The number of hydrogen-bond donors (Lipinski definition) is 0. The molecule has 0 aliphatic carbocycles. The SMILES string of the molecule is COC(=O)[C@H]1C[C@@H](Oc2ccccc2F)CN1C(=O)/C=C/c1ccco1. The first-order chi connectivity index (χ1) is 12.6. The highest BCUT2D eigenvalue weighted by molar-refractivity contribution is 5.94. The van der Waals surface area contributed by atoms with E-state index < -0.39 is 23.9 Å². The highest BCUT2D eigenvalue weighted by Crippen LogP contribution is 2.26. The Morgan fingerprint density at radius 1 is 1.27 bits per heavy atom. The van der Waals surface area contributed by atoms with E-state index >= 15 is 0 Å². The maximum Gasteiger partial charge on any atom is 0.328 e. The Morgan fingerprint density at radius 3 is 2.77 bits per heavy atom. The van der Waals surface area contributed by atoms with Crippen LogP contribution in [-0.4, -0.2) is 42.6 Å². The number of esters is 1. The van der Waals surface area contributed by atoms with Crippen molar-refractivity contribution in [3.05, 3.63) is 60.3 Å². The van der Waals surface area contributed by atoms with Crippen LogP contribution >= 0.6 is 0 Å². The van der Waals surface area contributed by atoms with Crippen LogP contribution in [0.4, 0.5) is 4.39 Å². The third-order valence-corrected chi connectivity index (χ3v) is 4.08. The number of methoxy groups -OCH3 is 1. The lowest BCUT2D eigenvalue weighted by Gasteiger charge is -2.20. The van der Waals surface area contributed by atoms with Crippen molar-refractivity contribution in [3.63, 3.8) is 0 Å². The second-order valence-electron chi connectivity index (χ2n) is 5.78. The Labute approximate surface area is 149 Å². The molecule has 6 nitrogen and oxygen atoms in total. The fourth-order valence-corrected chi connectivity index (χ4v) is 2.84. The topological polar surface area (TPSA) is 69.0 Å². The predicted octanol–water partition coefficient (Wildman–Crippen LogP) is 2.65. The number of halogens is 1. The zero-order valence-corrected chi connectivity index (χ0v) is 14.1. The van der Waals surface area contributed by atoms with E-state index in [0.717, 1.165) is 0 Å². The van der Waals surface area contributed by atoms with E-state index in [1.54, 1.807) is 24.3 Å². The molecule has 1 aliphatic rings. The summed E-state index contributed by atoms with van der Waals surface area (Å²) in [5.74, 6) is -0.807. The number of hydrogen-bond acceptors (Lipinski definition) is 5. The van der Waals surface area contributed by atoms with Gasteiger partial charge >= 0.3 is 5.97 Å². The molecule has 26 heavy (non-hydrogen) atoms. The lowest BCUT2D eigenvalue weighted by molar-refractivity contribution is -0.149. The molecule has 3 rings (SSSR count). The van der Waals surface area contributed by atoms with Gasteiger partial charge in [0.05, 0.1) is 19.9 Å². The summed E-state index contributed by atoms with van der Waals surface area (Å²) in [5.41, 5.74) is 0. The number of amides is 1. The Hall–Kier alpha value is -3.09. The summed E-state index contributed by atoms with van der Waals surface area (Å²) in [4.78, 5) is 25.9. The van der Waals surface area contributed by atoms with Gasteiger partial charge in [-0.25, -0.2) is 9.18 Å². The van der Waals surface area contributed by atoms with Gasteiger partial charge in [-0.2, -0.15) is 0 Å². The molecule has 0 radical (unpaired) electrons. The molecule has 0 unspecified atom stereocenters. The van der Waals surface area contributed by atoms with E-state index in [9.17, 15) is 14.0 Å². The standard InChI is InChI=1S/C19H18FNO5/c1-24-19(23)16-11-14(26-17-7-3-2-6-15(17)20)12-21(16)18(22)9-8-13-5-4-10-25-13/h2-10,14,16H,11-12H2,1H3/b9-8+/t14-,16-/m1/s1. The van der Waals surface area contributed by atoms with E-state index in [4.69, 9.17) is 13.9 Å².